The third kappa shape index (κ3) is 3.46. The van der Waals surface area contributed by atoms with Gasteiger partial charge in [0.2, 0.25) is 0 Å². The van der Waals surface area contributed by atoms with Crippen LogP contribution in [0.4, 0.5) is 5.13 Å². The smallest absolute Gasteiger partial charge is 0.183 e. The van der Waals surface area contributed by atoms with Crippen LogP contribution in [-0.4, -0.2) is 4.98 Å². The SMILES string of the molecule is CC(C)(C)C1CCc2nc(NCc3ccccc3)sc2C1. The number of hydrogen-bond acceptors (Lipinski definition) is 3. The van der Waals surface area contributed by atoms with Gasteiger partial charge in [-0.05, 0) is 36.2 Å². The van der Waals surface area contributed by atoms with Crippen LogP contribution in [0.25, 0.3) is 0 Å². The zero-order valence-corrected chi connectivity index (χ0v) is 14.0. The van der Waals surface area contributed by atoms with E-state index < -0.39 is 0 Å². The molecule has 0 fully saturated rings. The molecule has 0 radical (unpaired) electrons. The molecule has 1 aromatic carbocycles. The maximum atomic E-state index is 4.79. The van der Waals surface area contributed by atoms with Crippen molar-refractivity contribution in [2.45, 2.75) is 46.6 Å². The molecular formula is C18H24N2S. The lowest BCUT2D eigenvalue weighted by Crippen LogP contribution is -2.26. The van der Waals surface area contributed by atoms with Crippen LogP contribution in [0, 0.1) is 11.3 Å². The number of aryl methyl sites for hydroxylation is 1. The van der Waals surface area contributed by atoms with Crippen LogP contribution >= 0.6 is 11.3 Å². The molecule has 1 atom stereocenters. The highest BCUT2D eigenvalue weighted by atomic mass is 32.1. The molecule has 2 aromatic rings. The van der Waals surface area contributed by atoms with Gasteiger partial charge in [0, 0.05) is 11.4 Å². The molecule has 112 valence electrons. The average Bonchev–Trinajstić information content (AvgIpc) is 2.87. The summed E-state index contributed by atoms with van der Waals surface area (Å²) in [5.41, 5.74) is 3.04. The number of rotatable bonds is 3. The van der Waals surface area contributed by atoms with E-state index in [2.05, 4.69) is 56.4 Å². The van der Waals surface area contributed by atoms with Crippen LogP contribution < -0.4 is 5.32 Å². The zero-order valence-electron chi connectivity index (χ0n) is 13.1. The third-order valence-corrected chi connectivity index (χ3v) is 5.53. The highest BCUT2D eigenvalue weighted by molar-refractivity contribution is 7.15. The van der Waals surface area contributed by atoms with E-state index in [4.69, 9.17) is 4.98 Å². The van der Waals surface area contributed by atoms with Crippen LogP contribution in [0.5, 0.6) is 0 Å². The first kappa shape index (κ1) is 14.6. The lowest BCUT2D eigenvalue weighted by molar-refractivity contribution is 0.217. The second kappa shape index (κ2) is 5.80. The largest absolute Gasteiger partial charge is 0.357 e. The van der Waals surface area contributed by atoms with Crippen LogP contribution in [0.15, 0.2) is 30.3 Å². The van der Waals surface area contributed by atoms with Crippen LogP contribution in [-0.2, 0) is 19.4 Å². The number of fused-ring (bicyclic) bond motifs is 1. The second-order valence-corrected chi connectivity index (χ2v) is 8.12. The molecule has 0 amide bonds. The van der Waals surface area contributed by atoms with E-state index in [-0.39, 0.29) is 0 Å². The van der Waals surface area contributed by atoms with Gasteiger partial charge in [-0.2, -0.15) is 0 Å². The highest BCUT2D eigenvalue weighted by Gasteiger charge is 2.30. The summed E-state index contributed by atoms with van der Waals surface area (Å²) in [6, 6.07) is 10.5. The summed E-state index contributed by atoms with van der Waals surface area (Å²) in [5.74, 6) is 0.785. The van der Waals surface area contributed by atoms with Crippen molar-refractivity contribution in [2.24, 2.45) is 11.3 Å². The number of benzene rings is 1. The first-order valence-electron chi connectivity index (χ1n) is 7.79. The van der Waals surface area contributed by atoms with Crippen LogP contribution in [0.2, 0.25) is 0 Å². The van der Waals surface area contributed by atoms with Crippen molar-refractivity contribution in [3.8, 4) is 0 Å². The van der Waals surface area contributed by atoms with Gasteiger partial charge in [-0.3, -0.25) is 0 Å². The van der Waals surface area contributed by atoms with Crippen molar-refractivity contribution >= 4 is 16.5 Å². The Labute approximate surface area is 131 Å². The molecule has 0 saturated heterocycles. The normalized spacial score (nSPS) is 18.3. The molecule has 3 rings (SSSR count). The lowest BCUT2D eigenvalue weighted by atomic mass is 9.73. The van der Waals surface area contributed by atoms with E-state index in [0.717, 1.165) is 24.0 Å². The Morgan fingerprint density at radius 2 is 2.00 bits per heavy atom. The molecular weight excluding hydrogens is 276 g/mol. The molecule has 1 aliphatic rings. The Hall–Kier alpha value is -1.35. The van der Waals surface area contributed by atoms with Gasteiger partial charge < -0.3 is 5.32 Å². The van der Waals surface area contributed by atoms with Crippen LogP contribution in [0.1, 0.15) is 43.3 Å². The topological polar surface area (TPSA) is 24.9 Å². The molecule has 0 saturated carbocycles. The first-order valence-corrected chi connectivity index (χ1v) is 8.60. The summed E-state index contributed by atoms with van der Waals surface area (Å²) in [6.07, 6.45) is 3.61. The molecule has 0 bridgehead atoms. The van der Waals surface area contributed by atoms with E-state index in [0.29, 0.717) is 5.41 Å². The number of hydrogen-bond donors (Lipinski definition) is 1. The predicted octanol–water partition coefficient (Wildman–Crippen LogP) is 4.91. The van der Waals surface area contributed by atoms with Crippen molar-refractivity contribution in [1.29, 1.82) is 0 Å². The minimum Gasteiger partial charge on any atom is -0.357 e. The van der Waals surface area contributed by atoms with Crippen molar-refractivity contribution in [3.63, 3.8) is 0 Å². The van der Waals surface area contributed by atoms with Gasteiger partial charge in [-0.15, -0.1) is 11.3 Å². The monoisotopic (exact) mass is 300 g/mol. The van der Waals surface area contributed by atoms with E-state index in [9.17, 15) is 0 Å². The van der Waals surface area contributed by atoms with Crippen molar-refractivity contribution < 1.29 is 0 Å². The van der Waals surface area contributed by atoms with Gasteiger partial charge in [0.25, 0.3) is 0 Å². The summed E-state index contributed by atoms with van der Waals surface area (Å²) in [7, 11) is 0. The van der Waals surface area contributed by atoms with Gasteiger partial charge in [0.15, 0.2) is 5.13 Å². The summed E-state index contributed by atoms with van der Waals surface area (Å²) in [4.78, 5) is 6.29. The lowest BCUT2D eigenvalue weighted by Gasteiger charge is -2.33. The van der Waals surface area contributed by atoms with E-state index in [1.807, 2.05) is 11.3 Å². The van der Waals surface area contributed by atoms with Gasteiger partial charge >= 0.3 is 0 Å². The predicted molar refractivity (Wildman–Crippen MR) is 90.9 cm³/mol. The Morgan fingerprint density at radius 1 is 1.24 bits per heavy atom. The highest BCUT2D eigenvalue weighted by Crippen LogP contribution is 2.40. The minimum absolute atomic E-state index is 0.402. The second-order valence-electron chi connectivity index (χ2n) is 7.03. The Kier molecular flexibility index (Phi) is 4.03. The van der Waals surface area contributed by atoms with Gasteiger partial charge in [0.1, 0.15) is 0 Å². The van der Waals surface area contributed by atoms with Crippen molar-refractivity contribution in [2.75, 3.05) is 5.32 Å². The summed E-state index contributed by atoms with van der Waals surface area (Å²) < 4.78 is 0. The maximum Gasteiger partial charge on any atom is 0.183 e. The molecule has 2 nitrogen and oxygen atoms in total. The zero-order chi connectivity index (χ0) is 14.9. The summed E-state index contributed by atoms with van der Waals surface area (Å²) >= 11 is 1.85. The van der Waals surface area contributed by atoms with Gasteiger partial charge in [-0.25, -0.2) is 4.98 Å². The average molecular weight is 300 g/mol. The number of nitrogens with one attached hydrogen (secondary N) is 1. The van der Waals surface area contributed by atoms with E-state index in [1.54, 1.807) is 0 Å². The third-order valence-electron chi connectivity index (χ3n) is 4.45. The Bertz CT molecular complexity index is 595. The number of thiazole rings is 1. The molecule has 1 aromatic heterocycles. The minimum atomic E-state index is 0.402. The fourth-order valence-electron chi connectivity index (χ4n) is 2.96. The molecule has 1 aliphatic carbocycles. The Balaban J connectivity index is 1.66. The summed E-state index contributed by atoms with van der Waals surface area (Å²) in [6.45, 7) is 7.94. The van der Waals surface area contributed by atoms with E-state index in [1.165, 1.54) is 29.0 Å². The first-order chi connectivity index (χ1) is 10.0. The van der Waals surface area contributed by atoms with Gasteiger partial charge in [-0.1, -0.05) is 51.1 Å². The molecule has 0 aliphatic heterocycles. The number of anilines is 1. The summed E-state index contributed by atoms with van der Waals surface area (Å²) in [5, 5.41) is 4.56. The van der Waals surface area contributed by atoms with Gasteiger partial charge in [0.05, 0.1) is 5.69 Å². The molecule has 1 N–H and O–H groups in total. The fourth-order valence-corrected chi connectivity index (χ4v) is 4.05. The Morgan fingerprint density at radius 3 is 2.71 bits per heavy atom. The van der Waals surface area contributed by atoms with Crippen LogP contribution in [0.3, 0.4) is 0 Å². The molecule has 1 unspecified atom stereocenters. The number of nitrogens with zero attached hydrogens (tertiary/aromatic N) is 1. The molecule has 0 spiro atoms. The molecule has 3 heteroatoms. The number of aromatic nitrogens is 1. The standard InChI is InChI=1S/C18H24N2S/c1-18(2,3)14-9-10-15-16(11-14)21-17(20-15)19-12-13-7-5-4-6-8-13/h4-8,14H,9-12H2,1-3H3,(H,19,20). The van der Waals surface area contributed by atoms with Crippen molar-refractivity contribution in [3.05, 3.63) is 46.5 Å². The van der Waals surface area contributed by atoms with Crippen molar-refractivity contribution in [1.82, 2.24) is 4.98 Å². The molecule has 1 heterocycles. The molecule has 21 heavy (non-hydrogen) atoms. The fraction of sp³-hybridized carbons (Fsp3) is 0.500. The quantitative estimate of drug-likeness (QED) is 0.871. The maximum absolute atomic E-state index is 4.79. The van der Waals surface area contributed by atoms with E-state index >= 15 is 0 Å².